The molecule has 0 amide bonds. The summed E-state index contributed by atoms with van der Waals surface area (Å²) >= 11 is 6.08. The summed E-state index contributed by atoms with van der Waals surface area (Å²) in [5, 5.41) is 8.83. The molecule has 2 heterocycles. The molecule has 7 nitrogen and oxygen atoms in total. The molecule has 0 radical (unpaired) electrons. The maximum atomic E-state index is 14.1. The van der Waals surface area contributed by atoms with E-state index in [4.69, 9.17) is 25.7 Å². The van der Waals surface area contributed by atoms with Crippen molar-refractivity contribution in [1.82, 2.24) is 14.8 Å². The third-order valence-electron chi connectivity index (χ3n) is 5.09. The number of anilines is 1. The predicted octanol–water partition coefficient (Wildman–Crippen LogP) is 6.96. The SMILES string of the molecule is CCOP(=O)(OCC)C(Nc1ccc(Cl)cc1)c1cn(-c2ccccc2)nc1-c1ccncc1. The van der Waals surface area contributed by atoms with Crippen LogP contribution in [0.1, 0.15) is 25.2 Å². The quantitative estimate of drug-likeness (QED) is 0.239. The van der Waals surface area contributed by atoms with E-state index in [0.29, 0.717) is 16.3 Å². The minimum absolute atomic E-state index is 0.230. The highest BCUT2D eigenvalue weighted by Gasteiger charge is 2.40. The summed E-state index contributed by atoms with van der Waals surface area (Å²) < 4.78 is 27.5. The first-order valence-electron chi connectivity index (χ1n) is 11.0. The fourth-order valence-electron chi connectivity index (χ4n) is 3.61. The van der Waals surface area contributed by atoms with E-state index in [1.807, 2.05) is 60.8 Å². The van der Waals surface area contributed by atoms with E-state index in [-0.39, 0.29) is 13.2 Å². The summed E-state index contributed by atoms with van der Waals surface area (Å²) in [6.45, 7) is 4.05. The Hall–Kier alpha value is -2.96. The molecule has 9 heteroatoms. The standard InChI is InChI=1S/C25H26ClN4O3P/c1-3-32-34(31,33-4-2)25(28-21-12-10-20(26)11-13-21)23-18-30(22-8-6-5-7-9-22)29-24(23)19-14-16-27-17-15-19/h5-18,25,28H,3-4H2,1-2H3. The maximum Gasteiger partial charge on any atom is 0.357 e. The average molecular weight is 497 g/mol. The number of nitrogens with one attached hydrogen (secondary N) is 1. The van der Waals surface area contributed by atoms with Gasteiger partial charge in [0.05, 0.1) is 24.6 Å². The molecular weight excluding hydrogens is 471 g/mol. The van der Waals surface area contributed by atoms with Crippen molar-refractivity contribution in [2.75, 3.05) is 18.5 Å². The molecule has 1 N–H and O–H groups in total. The Morgan fingerprint density at radius 3 is 2.24 bits per heavy atom. The van der Waals surface area contributed by atoms with E-state index < -0.39 is 13.4 Å². The van der Waals surface area contributed by atoms with Gasteiger partial charge in [-0.15, -0.1) is 0 Å². The van der Waals surface area contributed by atoms with Gasteiger partial charge in [-0.1, -0.05) is 29.8 Å². The summed E-state index contributed by atoms with van der Waals surface area (Å²) in [5.41, 5.74) is 3.76. The zero-order valence-electron chi connectivity index (χ0n) is 19.0. The molecule has 34 heavy (non-hydrogen) atoms. The molecule has 0 spiro atoms. The molecular formula is C25H26ClN4O3P. The van der Waals surface area contributed by atoms with Crippen LogP contribution in [0.4, 0.5) is 5.69 Å². The molecule has 0 aliphatic rings. The van der Waals surface area contributed by atoms with Crippen molar-refractivity contribution in [3.05, 3.63) is 95.9 Å². The number of benzene rings is 2. The van der Waals surface area contributed by atoms with Gasteiger partial charge in [0.25, 0.3) is 0 Å². The number of para-hydroxylation sites is 1. The molecule has 0 aliphatic carbocycles. The number of rotatable bonds is 10. The van der Waals surface area contributed by atoms with Crippen LogP contribution in [-0.4, -0.2) is 28.0 Å². The van der Waals surface area contributed by atoms with Gasteiger partial charge in [0.15, 0.2) is 5.78 Å². The van der Waals surface area contributed by atoms with Crippen LogP contribution in [0.5, 0.6) is 0 Å². The van der Waals surface area contributed by atoms with Crippen LogP contribution in [-0.2, 0) is 13.6 Å². The predicted molar refractivity (Wildman–Crippen MR) is 135 cm³/mol. The molecule has 2 aromatic carbocycles. The van der Waals surface area contributed by atoms with E-state index in [9.17, 15) is 4.57 Å². The highest BCUT2D eigenvalue weighted by atomic mass is 35.5. The fraction of sp³-hybridized carbons (Fsp3) is 0.200. The van der Waals surface area contributed by atoms with Crippen molar-refractivity contribution in [3.8, 4) is 16.9 Å². The molecule has 1 unspecified atom stereocenters. The van der Waals surface area contributed by atoms with E-state index in [1.54, 1.807) is 43.1 Å². The van der Waals surface area contributed by atoms with E-state index in [2.05, 4.69) is 10.3 Å². The first-order valence-corrected chi connectivity index (χ1v) is 13.0. The van der Waals surface area contributed by atoms with Crippen molar-refractivity contribution < 1.29 is 13.6 Å². The molecule has 0 aliphatic heterocycles. The molecule has 0 bridgehead atoms. The monoisotopic (exact) mass is 496 g/mol. The summed E-state index contributed by atoms with van der Waals surface area (Å²) in [4.78, 5) is 4.13. The second-order valence-corrected chi connectivity index (χ2v) is 9.93. The van der Waals surface area contributed by atoms with Crippen LogP contribution >= 0.6 is 19.2 Å². The van der Waals surface area contributed by atoms with E-state index in [1.165, 1.54) is 0 Å². The fourth-order valence-corrected chi connectivity index (χ4v) is 5.67. The highest BCUT2D eigenvalue weighted by molar-refractivity contribution is 7.54. The number of halogens is 1. The number of hydrogen-bond donors (Lipinski definition) is 1. The number of nitrogens with zero attached hydrogens (tertiary/aromatic N) is 3. The first-order chi connectivity index (χ1) is 16.5. The lowest BCUT2D eigenvalue weighted by Gasteiger charge is -2.28. The first kappa shape index (κ1) is 24.2. The topological polar surface area (TPSA) is 78.3 Å². The Morgan fingerprint density at radius 1 is 0.971 bits per heavy atom. The van der Waals surface area contributed by atoms with Crippen molar-refractivity contribution in [2.45, 2.75) is 19.6 Å². The van der Waals surface area contributed by atoms with Crippen molar-refractivity contribution in [2.24, 2.45) is 0 Å². The smallest absolute Gasteiger partial charge is 0.357 e. The number of aromatic nitrogens is 3. The van der Waals surface area contributed by atoms with Crippen LogP contribution in [0.15, 0.2) is 85.3 Å². The Kier molecular flexibility index (Phi) is 7.80. The zero-order chi connectivity index (χ0) is 24.0. The minimum Gasteiger partial charge on any atom is -0.368 e. The lowest BCUT2D eigenvalue weighted by molar-refractivity contribution is 0.214. The summed E-state index contributed by atoms with van der Waals surface area (Å²) in [6.07, 6.45) is 5.27. The van der Waals surface area contributed by atoms with Crippen LogP contribution in [0.2, 0.25) is 5.02 Å². The molecule has 0 fully saturated rings. The molecule has 1 atom stereocenters. The summed E-state index contributed by atoms with van der Waals surface area (Å²) in [6, 6.07) is 20.7. The maximum absolute atomic E-state index is 14.1. The lowest BCUT2D eigenvalue weighted by atomic mass is 10.1. The minimum atomic E-state index is -3.67. The summed E-state index contributed by atoms with van der Waals surface area (Å²) in [7, 11) is -3.67. The van der Waals surface area contributed by atoms with Gasteiger partial charge in [-0.25, -0.2) is 4.68 Å². The molecule has 0 saturated carbocycles. The van der Waals surface area contributed by atoms with Crippen molar-refractivity contribution in [3.63, 3.8) is 0 Å². The van der Waals surface area contributed by atoms with Gasteiger partial charge in [-0.3, -0.25) is 9.55 Å². The Labute approximate surface area is 204 Å². The molecule has 4 aromatic rings. The van der Waals surface area contributed by atoms with Crippen LogP contribution in [0.3, 0.4) is 0 Å². The van der Waals surface area contributed by atoms with Crippen LogP contribution < -0.4 is 5.32 Å². The lowest BCUT2D eigenvalue weighted by Crippen LogP contribution is -2.15. The van der Waals surface area contributed by atoms with Crippen LogP contribution in [0, 0.1) is 0 Å². The molecule has 2 aromatic heterocycles. The second-order valence-electron chi connectivity index (χ2n) is 7.38. The third-order valence-corrected chi connectivity index (χ3v) is 7.62. The molecule has 4 rings (SSSR count). The highest BCUT2D eigenvalue weighted by Crippen LogP contribution is 2.62. The second kappa shape index (κ2) is 11.0. The van der Waals surface area contributed by atoms with Gasteiger partial charge in [0.2, 0.25) is 0 Å². The van der Waals surface area contributed by atoms with Gasteiger partial charge in [0.1, 0.15) is 0 Å². The van der Waals surface area contributed by atoms with Crippen molar-refractivity contribution in [1.29, 1.82) is 0 Å². The third kappa shape index (κ3) is 5.40. The average Bonchev–Trinajstić information content (AvgIpc) is 3.30. The Balaban J connectivity index is 1.90. The normalized spacial score (nSPS) is 12.4. The Bertz CT molecular complexity index is 1240. The van der Waals surface area contributed by atoms with Gasteiger partial charge < -0.3 is 14.4 Å². The van der Waals surface area contributed by atoms with E-state index in [0.717, 1.165) is 16.9 Å². The Morgan fingerprint density at radius 2 is 1.62 bits per heavy atom. The van der Waals surface area contributed by atoms with Gasteiger partial charge in [0, 0.05) is 40.4 Å². The van der Waals surface area contributed by atoms with Gasteiger partial charge in [-0.05, 0) is 62.4 Å². The summed E-state index contributed by atoms with van der Waals surface area (Å²) in [5.74, 6) is -0.825. The largest absolute Gasteiger partial charge is 0.368 e. The molecule has 176 valence electrons. The number of hydrogen-bond acceptors (Lipinski definition) is 6. The van der Waals surface area contributed by atoms with Crippen LogP contribution in [0.25, 0.3) is 16.9 Å². The zero-order valence-corrected chi connectivity index (χ0v) is 20.6. The number of pyridine rings is 1. The van der Waals surface area contributed by atoms with Crippen molar-refractivity contribution >= 4 is 24.9 Å². The molecule has 0 saturated heterocycles. The van der Waals surface area contributed by atoms with Gasteiger partial charge in [-0.2, -0.15) is 5.10 Å². The van der Waals surface area contributed by atoms with Gasteiger partial charge >= 0.3 is 7.60 Å². The van der Waals surface area contributed by atoms with E-state index >= 15 is 0 Å².